The van der Waals surface area contributed by atoms with Crippen molar-refractivity contribution in [1.29, 1.82) is 0 Å². The SMILES string of the molecule is Cc1ccccc1CN(C(=O)COc1ccccc1C(C)C)[C@H](Cc1ccccc1)C(=O)NCC(C)C. The first-order valence-corrected chi connectivity index (χ1v) is 13.1. The number of nitrogens with zero attached hydrogens (tertiary/aromatic N) is 1. The van der Waals surface area contributed by atoms with Gasteiger partial charge in [0.1, 0.15) is 11.8 Å². The second kappa shape index (κ2) is 13.6. The van der Waals surface area contributed by atoms with Crippen LogP contribution in [0, 0.1) is 12.8 Å². The van der Waals surface area contributed by atoms with E-state index in [2.05, 4.69) is 33.0 Å². The molecule has 0 aliphatic heterocycles. The van der Waals surface area contributed by atoms with Gasteiger partial charge in [-0.1, -0.05) is 100 Å². The van der Waals surface area contributed by atoms with Gasteiger partial charge in [0, 0.05) is 19.5 Å². The molecule has 2 amide bonds. The molecule has 5 heteroatoms. The molecule has 3 aromatic rings. The summed E-state index contributed by atoms with van der Waals surface area (Å²) in [5.41, 5.74) is 4.14. The summed E-state index contributed by atoms with van der Waals surface area (Å²) >= 11 is 0. The minimum absolute atomic E-state index is 0.141. The number of carbonyl (C=O) groups is 2. The molecule has 0 radical (unpaired) electrons. The number of hydrogen-bond acceptors (Lipinski definition) is 3. The van der Waals surface area contributed by atoms with E-state index in [1.807, 2.05) is 85.8 Å². The zero-order valence-electron chi connectivity index (χ0n) is 22.7. The van der Waals surface area contributed by atoms with Gasteiger partial charge in [-0.2, -0.15) is 0 Å². The molecular formula is C32H40N2O3. The van der Waals surface area contributed by atoms with Gasteiger partial charge in [-0.3, -0.25) is 9.59 Å². The lowest BCUT2D eigenvalue weighted by molar-refractivity contribution is -0.142. The molecule has 1 N–H and O–H groups in total. The highest BCUT2D eigenvalue weighted by molar-refractivity contribution is 5.88. The Bertz CT molecular complexity index is 1160. The monoisotopic (exact) mass is 500 g/mol. The van der Waals surface area contributed by atoms with E-state index in [-0.39, 0.29) is 24.3 Å². The van der Waals surface area contributed by atoms with Crippen molar-refractivity contribution >= 4 is 11.8 Å². The van der Waals surface area contributed by atoms with Crippen LogP contribution in [0.3, 0.4) is 0 Å². The van der Waals surface area contributed by atoms with Gasteiger partial charge in [-0.25, -0.2) is 0 Å². The highest BCUT2D eigenvalue weighted by atomic mass is 16.5. The summed E-state index contributed by atoms with van der Waals surface area (Å²) in [5.74, 6) is 0.898. The Kier molecular flexibility index (Phi) is 10.3. The molecule has 3 aromatic carbocycles. The predicted molar refractivity (Wildman–Crippen MR) is 150 cm³/mol. The fraction of sp³-hybridized carbons (Fsp3) is 0.375. The lowest BCUT2D eigenvalue weighted by Gasteiger charge is -2.32. The standard InChI is InChI=1S/C32H40N2O3/c1-23(2)20-33-32(36)29(19-26-14-7-6-8-15-26)34(21-27-16-10-9-13-25(27)5)31(35)22-37-30-18-12-11-17-28(30)24(3)4/h6-18,23-24,29H,19-22H2,1-5H3,(H,33,36)/t29-/m1/s1. The van der Waals surface area contributed by atoms with Crippen molar-refractivity contribution in [1.82, 2.24) is 10.2 Å². The summed E-state index contributed by atoms with van der Waals surface area (Å²) in [5, 5.41) is 3.06. The molecule has 37 heavy (non-hydrogen) atoms. The van der Waals surface area contributed by atoms with Crippen LogP contribution < -0.4 is 10.1 Å². The van der Waals surface area contributed by atoms with E-state index < -0.39 is 6.04 Å². The number of benzene rings is 3. The minimum Gasteiger partial charge on any atom is -0.483 e. The van der Waals surface area contributed by atoms with Gasteiger partial charge in [0.05, 0.1) is 0 Å². The van der Waals surface area contributed by atoms with E-state index in [1.54, 1.807) is 4.90 Å². The van der Waals surface area contributed by atoms with E-state index in [0.29, 0.717) is 31.2 Å². The topological polar surface area (TPSA) is 58.6 Å². The number of ether oxygens (including phenoxy) is 1. The Morgan fingerprint density at radius 3 is 2.19 bits per heavy atom. The molecule has 196 valence electrons. The fourth-order valence-corrected chi connectivity index (χ4v) is 4.26. The van der Waals surface area contributed by atoms with Gasteiger partial charge < -0.3 is 15.0 Å². The average Bonchev–Trinajstić information content (AvgIpc) is 2.89. The molecule has 3 rings (SSSR count). The van der Waals surface area contributed by atoms with Gasteiger partial charge in [-0.15, -0.1) is 0 Å². The average molecular weight is 501 g/mol. The summed E-state index contributed by atoms with van der Waals surface area (Å²) in [6, 6.07) is 25.0. The lowest BCUT2D eigenvalue weighted by atomic mass is 10.0. The van der Waals surface area contributed by atoms with E-state index in [0.717, 1.165) is 22.3 Å². The van der Waals surface area contributed by atoms with Gasteiger partial charge in [-0.05, 0) is 47.1 Å². The zero-order chi connectivity index (χ0) is 26.8. The maximum Gasteiger partial charge on any atom is 0.261 e. The molecule has 0 saturated heterocycles. The van der Waals surface area contributed by atoms with Crippen molar-refractivity contribution in [3.63, 3.8) is 0 Å². The van der Waals surface area contributed by atoms with Crippen molar-refractivity contribution in [3.05, 3.63) is 101 Å². The van der Waals surface area contributed by atoms with Crippen molar-refractivity contribution in [2.24, 2.45) is 5.92 Å². The molecule has 0 aliphatic carbocycles. The summed E-state index contributed by atoms with van der Waals surface area (Å²) in [7, 11) is 0. The number of aryl methyl sites for hydroxylation is 1. The summed E-state index contributed by atoms with van der Waals surface area (Å²) in [6.45, 7) is 11.1. The molecule has 5 nitrogen and oxygen atoms in total. The number of amides is 2. The van der Waals surface area contributed by atoms with Gasteiger partial charge in [0.15, 0.2) is 6.61 Å². The number of nitrogens with one attached hydrogen (secondary N) is 1. The Morgan fingerprint density at radius 1 is 0.865 bits per heavy atom. The van der Waals surface area contributed by atoms with Crippen molar-refractivity contribution in [3.8, 4) is 5.75 Å². The molecule has 0 spiro atoms. The van der Waals surface area contributed by atoms with Crippen LogP contribution in [0.15, 0.2) is 78.9 Å². The van der Waals surface area contributed by atoms with Crippen molar-refractivity contribution in [2.45, 2.75) is 59.5 Å². The maximum absolute atomic E-state index is 13.8. The molecule has 0 unspecified atom stereocenters. The molecule has 0 heterocycles. The number of para-hydroxylation sites is 1. The van der Waals surface area contributed by atoms with Crippen molar-refractivity contribution in [2.75, 3.05) is 13.2 Å². The highest BCUT2D eigenvalue weighted by Crippen LogP contribution is 2.26. The molecule has 0 saturated carbocycles. The normalized spacial score (nSPS) is 11.9. The first kappa shape index (κ1) is 28.0. The van der Waals surface area contributed by atoms with Crippen LogP contribution in [0.4, 0.5) is 0 Å². The van der Waals surface area contributed by atoms with Gasteiger partial charge in [0.2, 0.25) is 5.91 Å². The number of rotatable bonds is 12. The van der Waals surface area contributed by atoms with E-state index >= 15 is 0 Å². The van der Waals surface area contributed by atoms with E-state index in [1.165, 1.54) is 0 Å². The largest absolute Gasteiger partial charge is 0.483 e. The van der Waals surface area contributed by atoms with Crippen molar-refractivity contribution < 1.29 is 14.3 Å². The third-order valence-corrected chi connectivity index (χ3v) is 6.45. The predicted octanol–water partition coefficient (Wildman–Crippen LogP) is 5.91. The maximum atomic E-state index is 13.8. The van der Waals surface area contributed by atoms with Gasteiger partial charge >= 0.3 is 0 Å². The fourth-order valence-electron chi connectivity index (χ4n) is 4.26. The summed E-state index contributed by atoms with van der Waals surface area (Å²) < 4.78 is 6.06. The second-order valence-electron chi connectivity index (χ2n) is 10.3. The first-order valence-electron chi connectivity index (χ1n) is 13.1. The molecular weight excluding hydrogens is 460 g/mol. The Labute approximate surface area is 221 Å². The smallest absolute Gasteiger partial charge is 0.261 e. The number of carbonyl (C=O) groups excluding carboxylic acids is 2. The molecule has 0 fully saturated rings. The van der Waals surface area contributed by atoms with Gasteiger partial charge in [0.25, 0.3) is 5.91 Å². The van der Waals surface area contributed by atoms with Crippen LogP contribution in [0.2, 0.25) is 0 Å². The Hall–Kier alpha value is -3.60. The molecule has 0 aromatic heterocycles. The van der Waals surface area contributed by atoms with E-state index in [9.17, 15) is 9.59 Å². The minimum atomic E-state index is -0.669. The van der Waals surface area contributed by atoms with Crippen LogP contribution in [0.5, 0.6) is 5.75 Å². The van der Waals surface area contributed by atoms with E-state index in [4.69, 9.17) is 4.74 Å². The molecule has 1 atom stereocenters. The summed E-state index contributed by atoms with van der Waals surface area (Å²) in [6.07, 6.45) is 0.422. The number of hydrogen-bond donors (Lipinski definition) is 1. The van der Waals surface area contributed by atoms with Crippen LogP contribution in [0.25, 0.3) is 0 Å². The summed E-state index contributed by atoms with van der Waals surface area (Å²) in [4.78, 5) is 29.0. The van der Waals surface area contributed by atoms with Crippen LogP contribution in [-0.2, 0) is 22.6 Å². The quantitative estimate of drug-likeness (QED) is 0.336. The third kappa shape index (κ3) is 8.21. The Morgan fingerprint density at radius 2 is 1.51 bits per heavy atom. The van der Waals surface area contributed by atoms with Crippen LogP contribution in [-0.4, -0.2) is 35.9 Å². The zero-order valence-corrected chi connectivity index (χ0v) is 22.7. The van der Waals surface area contributed by atoms with Crippen LogP contribution >= 0.6 is 0 Å². The molecule has 0 aliphatic rings. The third-order valence-electron chi connectivity index (χ3n) is 6.45. The second-order valence-corrected chi connectivity index (χ2v) is 10.3. The first-order chi connectivity index (χ1) is 17.8. The Balaban J connectivity index is 1.93. The van der Waals surface area contributed by atoms with Crippen LogP contribution in [0.1, 0.15) is 55.9 Å². The lowest BCUT2D eigenvalue weighted by Crippen LogP contribution is -2.52. The highest BCUT2D eigenvalue weighted by Gasteiger charge is 2.31. The molecule has 0 bridgehead atoms.